The zero-order valence-electron chi connectivity index (χ0n) is 11.4. The molecule has 0 aromatic heterocycles. The first-order valence-electron chi connectivity index (χ1n) is 6.07. The highest BCUT2D eigenvalue weighted by Crippen LogP contribution is 2.38. The molecule has 1 aromatic rings. The molecule has 4 nitrogen and oxygen atoms in total. The van der Waals surface area contributed by atoms with E-state index in [1.807, 2.05) is 0 Å². The molecule has 0 heterocycles. The molecule has 0 aliphatic heterocycles. The normalized spacial score (nSPS) is 14.0. The van der Waals surface area contributed by atoms with Gasteiger partial charge in [-0.25, -0.2) is 0 Å². The number of carbonyl (C=O) groups excluding carboxylic acids is 1. The first-order chi connectivity index (χ1) is 9.31. The maximum atomic E-state index is 13.1. The van der Waals surface area contributed by atoms with Crippen LogP contribution >= 0.6 is 12.4 Å². The van der Waals surface area contributed by atoms with Gasteiger partial charge < -0.3 is 15.7 Å². The van der Waals surface area contributed by atoms with Crippen LogP contribution in [0.25, 0.3) is 0 Å². The van der Waals surface area contributed by atoms with Crippen LogP contribution in [0, 0.1) is 0 Å². The number of amides is 1. The lowest BCUT2D eigenvalue weighted by Crippen LogP contribution is -2.51. The molecule has 0 bridgehead atoms. The number of alkyl halides is 3. The Labute approximate surface area is 127 Å². The highest BCUT2D eigenvalue weighted by Gasteiger charge is 2.55. The largest absolute Gasteiger partial charge is 0.423 e. The summed E-state index contributed by atoms with van der Waals surface area (Å²) in [6.07, 6.45) is -4.84. The Balaban J connectivity index is 0.00000400. The van der Waals surface area contributed by atoms with Crippen LogP contribution in [0.15, 0.2) is 30.3 Å². The number of nitrogens with one attached hydrogen (secondary N) is 2. The molecule has 1 aromatic carbocycles. The monoisotopic (exact) mass is 326 g/mol. The highest BCUT2D eigenvalue weighted by atomic mass is 35.5. The van der Waals surface area contributed by atoms with Gasteiger partial charge in [0.2, 0.25) is 11.5 Å². The standard InChI is InChI=1S/C13H17F3N2O2.ClH/c1-17-8-7-11(19)18-9-12(20,13(14,15)16)10-5-3-2-4-6-10;/h2-6,17,20H,7-9H2,1H3,(H,18,19);1H. The highest BCUT2D eigenvalue weighted by molar-refractivity contribution is 5.85. The zero-order valence-corrected chi connectivity index (χ0v) is 12.2. The summed E-state index contributed by atoms with van der Waals surface area (Å²) in [5.74, 6) is -0.557. The Morgan fingerprint density at radius 1 is 1.24 bits per heavy atom. The summed E-state index contributed by atoms with van der Waals surface area (Å²) in [5, 5.41) is 14.8. The van der Waals surface area contributed by atoms with Crippen molar-refractivity contribution in [1.29, 1.82) is 0 Å². The second-order valence-electron chi connectivity index (χ2n) is 4.35. The number of aliphatic hydroxyl groups is 1. The van der Waals surface area contributed by atoms with E-state index in [0.717, 1.165) is 0 Å². The van der Waals surface area contributed by atoms with E-state index in [-0.39, 0.29) is 24.4 Å². The van der Waals surface area contributed by atoms with Gasteiger partial charge in [0.1, 0.15) is 0 Å². The molecule has 0 saturated carbocycles. The predicted octanol–water partition coefficient (Wildman–Crippen LogP) is 1.58. The predicted molar refractivity (Wildman–Crippen MR) is 75.2 cm³/mol. The van der Waals surface area contributed by atoms with Crippen LogP contribution in [-0.2, 0) is 10.4 Å². The summed E-state index contributed by atoms with van der Waals surface area (Å²) >= 11 is 0. The van der Waals surface area contributed by atoms with Gasteiger partial charge in [0, 0.05) is 13.0 Å². The van der Waals surface area contributed by atoms with Crippen molar-refractivity contribution >= 4 is 18.3 Å². The fourth-order valence-electron chi connectivity index (χ4n) is 1.63. The van der Waals surface area contributed by atoms with Crippen LogP contribution in [0.2, 0.25) is 0 Å². The quantitative estimate of drug-likeness (QED) is 0.744. The maximum Gasteiger partial charge on any atom is 0.423 e. The molecule has 0 fully saturated rings. The molecule has 1 rings (SSSR count). The minimum atomic E-state index is -4.88. The number of carbonyl (C=O) groups is 1. The van der Waals surface area contributed by atoms with Crippen molar-refractivity contribution < 1.29 is 23.1 Å². The van der Waals surface area contributed by atoms with Crippen molar-refractivity contribution in [2.45, 2.75) is 18.2 Å². The molecule has 8 heteroatoms. The van der Waals surface area contributed by atoms with E-state index in [1.165, 1.54) is 24.3 Å². The van der Waals surface area contributed by atoms with E-state index in [2.05, 4.69) is 10.6 Å². The van der Waals surface area contributed by atoms with E-state index in [4.69, 9.17) is 0 Å². The zero-order chi connectivity index (χ0) is 15.2. The number of benzene rings is 1. The lowest BCUT2D eigenvalue weighted by atomic mass is 9.93. The third-order valence-electron chi connectivity index (χ3n) is 2.86. The molecular weight excluding hydrogens is 309 g/mol. The molecule has 21 heavy (non-hydrogen) atoms. The van der Waals surface area contributed by atoms with Crippen molar-refractivity contribution in [2.24, 2.45) is 0 Å². The van der Waals surface area contributed by atoms with Gasteiger partial charge in [-0.1, -0.05) is 30.3 Å². The van der Waals surface area contributed by atoms with E-state index >= 15 is 0 Å². The van der Waals surface area contributed by atoms with Crippen LogP contribution in [0.1, 0.15) is 12.0 Å². The van der Waals surface area contributed by atoms with Crippen LogP contribution in [0.5, 0.6) is 0 Å². The Hall–Kier alpha value is -1.31. The van der Waals surface area contributed by atoms with Gasteiger partial charge >= 0.3 is 6.18 Å². The van der Waals surface area contributed by atoms with E-state index in [9.17, 15) is 23.1 Å². The Kier molecular flexibility index (Phi) is 7.70. The molecule has 0 aliphatic rings. The summed E-state index contributed by atoms with van der Waals surface area (Å²) in [6.45, 7) is -0.565. The maximum absolute atomic E-state index is 13.1. The van der Waals surface area contributed by atoms with Gasteiger partial charge in [-0.2, -0.15) is 13.2 Å². The third kappa shape index (κ3) is 5.18. The van der Waals surface area contributed by atoms with Crippen molar-refractivity contribution in [3.8, 4) is 0 Å². The van der Waals surface area contributed by atoms with Gasteiger partial charge in [0.05, 0.1) is 6.54 Å². The summed E-state index contributed by atoms with van der Waals surface area (Å²) in [7, 11) is 1.63. The number of halogens is 4. The second kappa shape index (κ2) is 8.21. The molecule has 0 aliphatic carbocycles. The molecule has 1 amide bonds. The Morgan fingerprint density at radius 2 is 1.81 bits per heavy atom. The first-order valence-corrected chi connectivity index (χ1v) is 6.07. The topological polar surface area (TPSA) is 61.4 Å². The van der Waals surface area contributed by atoms with Crippen molar-refractivity contribution in [3.05, 3.63) is 35.9 Å². The average Bonchev–Trinajstić information content (AvgIpc) is 2.42. The van der Waals surface area contributed by atoms with Crippen molar-refractivity contribution in [2.75, 3.05) is 20.1 Å². The van der Waals surface area contributed by atoms with Gasteiger partial charge in [0.25, 0.3) is 0 Å². The fraction of sp³-hybridized carbons (Fsp3) is 0.462. The van der Waals surface area contributed by atoms with Gasteiger partial charge in [-0.15, -0.1) is 12.4 Å². The lowest BCUT2D eigenvalue weighted by molar-refractivity contribution is -0.264. The summed E-state index contributed by atoms with van der Waals surface area (Å²) in [6, 6.07) is 6.69. The van der Waals surface area contributed by atoms with E-state index in [0.29, 0.717) is 6.54 Å². The van der Waals surface area contributed by atoms with Gasteiger partial charge in [-0.3, -0.25) is 4.79 Å². The molecular formula is C13H18ClF3N2O2. The molecule has 1 atom stereocenters. The van der Waals surface area contributed by atoms with Crippen molar-refractivity contribution in [3.63, 3.8) is 0 Å². The average molecular weight is 327 g/mol. The smallest absolute Gasteiger partial charge is 0.375 e. The molecule has 120 valence electrons. The van der Waals surface area contributed by atoms with Crippen LogP contribution in [-0.4, -0.2) is 37.3 Å². The molecule has 0 saturated heterocycles. The molecule has 3 N–H and O–H groups in total. The van der Waals surface area contributed by atoms with Crippen LogP contribution in [0.3, 0.4) is 0 Å². The summed E-state index contributed by atoms with van der Waals surface area (Å²) < 4.78 is 39.2. The minimum absolute atomic E-state index is 0. The Bertz CT molecular complexity index is 443. The van der Waals surface area contributed by atoms with Crippen LogP contribution in [0.4, 0.5) is 13.2 Å². The summed E-state index contributed by atoms with van der Waals surface area (Å²) in [4.78, 5) is 11.4. The SMILES string of the molecule is CNCCC(=O)NCC(O)(c1ccccc1)C(F)(F)F.Cl. The number of hydrogen-bond donors (Lipinski definition) is 3. The number of rotatable bonds is 6. The lowest BCUT2D eigenvalue weighted by Gasteiger charge is -2.31. The van der Waals surface area contributed by atoms with Crippen LogP contribution < -0.4 is 10.6 Å². The molecule has 0 radical (unpaired) electrons. The Morgan fingerprint density at radius 3 is 2.29 bits per heavy atom. The number of hydrogen-bond acceptors (Lipinski definition) is 3. The first kappa shape index (κ1) is 19.7. The van der Waals surface area contributed by atoms with Gasteiger partial charge in [0.15, 0.2) is 0 Å². The summed E-state index contributed by atoms with van der Waals surface area (Å²) in [5.41, 5.74) is -3.40. The molecule has 0 spiro atoms. The van der Waals surface area contributed by atoms with E-state index in [1.54, 1.807) is 13.1 Å². The second-order valence-corrected chi connectivity index (χ2v) is 4.35. The van der Waals surface area contributed by atoms with Crippen molar-refractivity contribution in [1.82, 2.24) is 10.6 Å². The fourth-order valence-corrected chi connectivity index (χ4v) is 1.63. The van der Waals surface area contributed by atoms with Gasteiger partial charge in [-0.05, 0) is 12.6 Å². The third-order valence-corrected chi connectivity index (χ3v) is 2.86. The minimum Gasteiger partial charge on any atom is -0.375 e. The molecule has 1 unspecified atom stereocenters. The van der Waals surface area contributed by atoms with E-state index < -0.39 is 24.2 Å².